The average Bonchev–Trinajstić information content (AvgIpc) is 2.73. The van der Waals surface area contributed by atoms with E-state index in [0.29, 0.717) is 17.9 Å². The van der Waals surface area contributed by atoms with Crippen molar-refractivity contribution in [1.82, 2.24) is 10.3 Å². The van der Waals surface area contributed by atoms with Crippen LogP contribution in [0, 0.1) is 0 Å². The third kappa shape index (κ3) is 5.41. The van der Waals surface area contributed by atoms with Gasteiger partial charge in [-0.1, -0.05) is 42.5 Å². The lowest BCUT2D eigenvalue weighted by Gasteiger charge is -2.15. The van der Waals surface area contributed by atoms with Crippen LogP contribution >= 0.6 is 0 Å². The van der Waals surface area contributed by atoms with E-state index in [2.05, 4.69) is 10.3 Å². The van der Waals surface area contributed by atoms with Gasteiger partial charge in [0.1, 0.15) is 18.4 Å². The number of ether oxygens (including phenoxy) is 1. The fourth-order valence-electron chi connectivity index (χ4n) is 2.67. The predicted octanol–water partition coefficient (Wildman–Crippen LogP) is 3.09. The Morgan fingerprint density at radius 3 is 2.50 bits per heavy atom. The summed E-state index contributed by atoms with van der Waals surface area (Å²) in [4.78, 5) is 28.1. The van der Waals surface area contributed by atoms with Crippen molar-refractivity contribution in [2.75, 3.05) is 0 Å². The normalized spacial score (nSPS) is 11.4. The summed E-state index contributed by atoms with van der Waals surface area (Å²) in [6.45, 7) is 0.324. The standard InChI is InChI=1S/C22H20N2O4/c25-21(24-20(22(26)27)12-16-6-2-1-3-7-16)18-9-4-10-19(13-18)28-15-17-8-5-11-23-14-17/h1-11,13-14,20H,12,15H2,(H,24,25)(H,26,27). The molecule has 2 N–H and O–H groups in total. The maximum absolute atomic E-state index is 12.5. The van der Waals surface area contributed by atoms with Gasteiger partial charge in [-0.25, -0.2) is 4.79 Å². The van der Waals surface area contributed by atoms with Crippen molar-refractivity contribution in [1.29, 1.82) is 0 Å². The maximum atomic E-state index is 12.5. The molecule has 0 saturated heterocycles. The monoisotopic (exact) mass is 376 g/mol. The minimum Gasteiger partial charge on any atom is -0.489 e. The summed E-state index contributed by atoms with van der Waals surface area (Å²) in [7, 11) is 0. The van der Waals surface area contributed by atoms with Crippen molar-refractivity contribution in [2.45, 2.75) is 19.1 Å². The molecule has 0 radical (unpaired) electrons. The van der Waals surface area contributed by atoms with Crippen LogP contribution in [0.4, 0.5) is 0 Å². The number of amides is 1. The average molecular weight is 376 g/mol. The summed E-state index contributed by atoms with van der Waals surface area (Å²) in [5.74, 6) is -1.03. The van der Waals surface area contributed by atoms with E-state index < -0.39 is 17.9 Å². The molecular formula is C22H20N2O4. The fraction of sp³-hybridized carbons (Fsp3) is 0.136. The third-order valence-electron chi connectivity index (χ3n) is 4.11. The summed E-state index contributed by atoms with van der Waals surface area (Å²) >= 11 is 0. The Morgan fingerprint density at radius 2 is 1.79 bits per heavy atom. The number of aliphatic carboxylic acids is 1. The summed E-state index contributed by atoms with van der Waals surface area (Å²) in [6, 6.07) is 18.5. The molecule has 1 atom stereocenters. The molecule has 0 aliphatic rings. The molecular weight excluding hydrogens is 356 g/mol. The van der Waals surface area contributed by atoms with Gasteiger partial charge in [0, 0.05) is 29.9 Å². The number of carbonyl (C=O) groups is 2. The Labute approximate surface area is 162 Å². The highest BCUT2D eigenvalue weighted by atomic mass is 16.5. The molecule has 1 amide bonds. The van der Waals surface area contributed by atoms with Gasteiger partial charge in [-0.2, -0.15) is 0 Å². The Hall–Kier alpha value is -3.67. The Morgan fingerprint density at radius 1 is 1.00 bits per heavy atom. The van der Waals surface area contributed by atoms with Crippen LogP contribution in [-0.4, -0.2) is 28.0 Å². The number of carbonyl (C=O) groups excluding carboxylic acids is 1. The van der Waals surface area contributed by atoms with Gasteiger partial charge in [0.2, 0.25) is 0 Å². The zero-order valence-electron chi connectivity index (χ0n) is 15.1. The van der Waals surface area contributed by atoms with Crippen LogP contribution in [0.1, 0.15) is 21.5 Å². The van der Waals surface area contributed by atoms with Crippen LogP contribution in [0.2, 0.25) is 0 Å². The number of benzene rings is 2. The Kier molecular flexibility index (Phi) is 6.36. The molecule has 0 spiro atoms. The second kappa shape index (κ2) is 9.32. The summed E-state index contributed by atoms with van der Waals surface area (Å²) in [5.41, 5.74) is 2.08. The molecule has 2 aromatic carbocycles. The number of pyridine rings is 1. The number of hydrogen-bond donors (Lipinski definition) is 2. The smallest absolute Gasteiger partial charge is 0.326 e. The van der Waals surface area contributed by atoms with E-state index in [1.54, 1.807) is 36.7 Å². The lowest BCUT2D eigenvalue weighted by atomic mass is 10.1. The lowest BCUT2D eigenvalue weighted by molar-refractivity contribution is -0.139. The number of rotatable bonds is 8. The van der Waals surface area contributed by atoms with E-state index in [0.717, 1.165) is 11.1 Å². The highest BCUT2D eigenvalue weighted by Crippen LogP contribution is 2.15. The van der Waals surface area contributed by atoms with Crippen LogP contribution in [0.15, 0.2) is 79.1 Å². The molecule has 0 aliphatic heterocycles. The van der Waals surface area contributed by atoms with Gasteiger partial charge in [-0.15, -0.1) is 0 Å². The first-order chi connectivity index (χ1) is 13.6. The zero-order valence-corrected chi connectivity index (χ0v) is 15.1. The van der Waals surface area contributed by atoms with Crippen LogP contribution < -0.4 is 10.1 Å². The summed E-state index contributed by atoms with van der Waals surface area (Å²) in [5, 5.41) is 12.0. The zero-order chi connectivity index (χ0) is 19.8. The van der Waals surface area contributed by atoms with Gasteiger partial charge >= 0.3 is 5.97 Å². The first-order valence-corrected chi connectivity index (χ1v) is 8.81. The summed E-state index contributed by atoms with van der Waals surface area (Å²) in [6.07, 6.45) is 3.60. The van der Waals surface area contributed by atoms with Crippen LogP contribution in [-0.2, 0) is 17.8 Å². The van der Waals surface area contributed by atoms with Gasteiger partial charge in [0.15, 0.2) is 0 Å². The van der Waals surface area contributed by atoms with E-state index in [9.17, 15) is 14.7 Å². The lowest BCUT2D eigenvalue weighted by Crippen LogP contribution is -2.42. The van der Waals surface area contributed by atoms with Gasteiger partial charge in [0.05, 0.1) is 0 Å². The molecule has 0 bridgehead atoms. The molecule has 0 aliphatic carbocycles. The molecule has 0 fully saturated rings. The first kappa shape index (κ1) is 19.1. The first-order valence-electron chi connectivity index (χ1n) is 8.81. The van der Waals surface area contributed by atoms with Gasteiger partial charge < -0.3 is 15.2 Å². The molecule has 1 heterocycles. The quantitative estimate of drug-likeness (QED) is 0.631. The topological polar surface area (TPSA) is 88.5 Å². The largest absolute Gasteiger partial charge is 0.489 e. The van der Waals surface area contributed by atoms with E-state index in [1.165, 1.54) is 0 Å². The highest BCUT2D eigenvalue weighted by molar-refractivity contribution is 5.97. The fourth-order valence-corrected chi connectivity index (χ4v) is 2.67. The maximum Gasteiger partial charge on any atom is 0.326 e. The van der Waals surface area contributed by atoms with E-state index in [1.807, 2.05) is 42.5 Å². The highest BCUT2D eigenvalue weighted by Gasteiger charge is 2.21. The van der Waals surface area contributed by atoms with Crippen molar-refractivity contribution in [3.8, 4) is 5.75 Å². The number of nitrogens with one attached hydrogen (secondary N) is 1. The SMILES string of the molecule is O=C(NC(Cc1ccccc1)C(=O)O)c1cccc(OCc2cccnc2)c1. The Balaban J connectivity index is 1.64. The third-order valence-corrected chi connectivity index (χ3v) is 4.11. The molecule has 0 saturated carbocycles. The molecule has 1 aromatic heterocycles. The van der Waals surface area contributed by atoms with Crippen molar-refractivity contribution in [3.63, 3.8) is 0 Å². The van der Waals surface area contributed by atoms with Gasteiger partial charge in [-0.05, 0) is 29.8 Å². The minimum absolute atomic E-state index is 0.207. The van der Waals surface area contributed by atoms with Crippen molar-refractivity contribution >= 4 is 11.9 Å². The second-order valence-electron chi connectivity index (χ2n) is 6.23. The molecule has 1 unspecified atom stereocenters. The number of nitrogens with zero attached hydrogens (tertiary/aromatic N) is 1. The van der Waals surface area contributed by atoms with Crippen molar-refractivity contribution in [3.05, 3.63) is 95.8 Å². The van der Waals surface area contributed by atoms with E-state index in [-0.39, 0.29) is 6.42 Å². The second-order valence-corrected chi connectivity index (χ2v) is 6.23. The number of aromatic nitrogens is 1. The van der Waals surface area contributed by atoms with Crippen molar-refractivity contribution < 1.29 is 19.4 Å². The molecule has 28 heavy (non-hydrogen) atoms. The molecule has 6 heteroatoms. The van der Waals surface area contributed by atoms with Crippen LogP contribution in [0.5, 0.6) is 5.75 Å². The number of carboxylic acid groups (broad SMARTS) is 1. The van der Waals surface area contributed by atoms with Crippen LogP contribution in [0.3, 0.4) is 0 Å². The molecule has 3 rings (SSSR count). The summed E-state index contributed by atoms with van der Waals surface area (Å²) < 4.78 is 5.69. The van der Waals surface area contributed by atoms with E-state index in [4.69, 9.17) is 4.74 Å². The number of hydrogen-bond acceptors (Lipinski definition) is 4. The van der Waals surface area contributed by atoms with Crippen LogP contribution in [0.25, 0.3) is 0 Å². The number of carboxylic acids is 1. The van der Waals surface area contributed by atoms with Gasteiger partial charge in [0.25, 0.3) is 5.91 Å². The Bertz CT molecular complexity index is 930. The van der Waals surface area contributed by atoms with Crippen molar-refractivity contribution in [2.24, 2.45) is 0 Å². The predicted molar refractivity (Wildman–Crippen MR) is 104 cm³/mol. The van der Waals surface area contributed by atoms with E-state index >= 15 is 0 Å². The van der Waals surface area contributed by atoms with Gasteiger partial charge in [-0.3, -0.25) is 9.78 Å². The molecule has 6 nitrogen and oxygen atoms in total. The minimum atomic E-state index is -1.08. The molecule has 142 valence electrons. The molecule has 3 aromatic rings.